The van der Waals surface area contributed by atoms with E-state index in [0.717, 1.165) is 22.6 Å². The molecule has 0 unspecified atom stereocenters. The molecule has 0 N–H and O–H groups in total. The quantitative estimate of drug-likeness (QED) is 0.695. The molecule has 5 nitrogen and oxygen atoms in total. The van der Waals surface area contributed by atoms with Gasteiger partial charge in [-0.25, -0.2) is 8.42 Å². The zero-order valence-electron chi connectivity index (χ0n) is 17.4. The average molecular weight is 433 g/mol. The molecule has 0 aliphatic carbocycles. The number of hydrogen-bond acceptors (Lipinski definition) is 4. The number of aryl methyl sites for hydroxylation is 1. The molecule has 0 saturated carbocycles. The topological polar surface area (TPSA) is 57.7 Å². The summed E-state index contributed by atoms with van der Waals surface area (Å²) in [5, 5.41) is 0.407. The van der Waals surface area contributed by atoms with E-state index >= 15 is 0 Å². The molecule has 0 radical (unpaired) electrons. The summed E-state index contributed by atoms with van der Waals surface area (Å²) in [7, 11) is -3.62. The minimum atomic E-state index is -3.62. The summed E-state index contributed by atoms with van der Waals surface area (Å²) >= 11 is 1.77. The Labute approximate surface area is 178 Å². The lowest BCUT2D eigenvalue weighted by atomic mass is 10.1. The van der Waals surface area contributed by atoms with E-state index in [1.54, 1.807) is 28.8 Å². The molecule has 29 heavy (non-hydrogen) atoms. The summed E-state index contributed by atoms with van der Waals surface area (Å²) in [6, 6.07) is 12.8. The van der Waals surface area contributed by atoms with Crippen molar-refractivity contribution in [2.24, 2.45) is 0 Å². The first-order valence-corrected chi connectivity index (χ1v) is 12.3. The van der Waals surface area contributed by atoms with Gasteiger partial charge in [-0.1, -0.05) is 39.0 Å². The van der Waals surface area contributed by atoms with Crippen LogP contribution in [0.4, 0.5) is 5.69 Å². The van der Waals surface area contributed by atoms with Crippen LogP contribution in [-0.2, 0) is 10.0 Å². The Kier molecular flexibility index (Phi) is 6.71. The first-order chi connectivity index (χ1) is 13.8. The van der Waals surface area contributed by atoms with E-state index < -0.39 is 10.0 Å². The number of anilines is 1. The van der Waals surface area contributed by atoms with Gasteiger partial charge in [-0.3, -0.25) is 4.79 Å². The van der Waals surface area contributed by atoms with Crippen molar-refractivity contribution in [1.82, 2.24) is 4.31 Å². The number of benzene rings is 2. The van der Waals surface area contributed by atoms with E-state index in [1.165, 1.54) is 10.4 Å². The summed E-state index contributed by atoms with van der Waals surface area (Å²) in [4.78, 5) is 16.6. The highest BCUT2D eigenvalue weighted by atomic mass is 32.2. The molecule has 1 heterocycles. The molecule has 0 spiro atoms. The van der Waals surface area contributed by atoms with Crippen LogP contribution in [0.2, 0.25) is 0 Å². The van der Waals surface area contributed by atoms with Crippen molar-refractivity contribution >= 4 is 33.4 Å². The Balaban J connectivity index is 2.04. The zero-order valence-corrected chi connectivity index (χ0v) is 19.0. The molecule has 2 aromatic carbocycles. The van der Waals surface area contributed by atoms with Crippen LogP contribution in [0.1, 0.15) is 43.1 Å². The van der Waals surface area contributed by atoms with Gasteiger partial charge in [0.2, 0.25) is 10.0 Å². The van der Waals surface area contributed by atoms with E-state index in [1.807, 2.05) is 45.0 Å². The molecule has 1 amide bonds. The number of nitrogens with zero attached hydrogens (tertiary/aromatic N) is 2. The van der Waals surface area contributed by atoms with Crippen molar-refractivity contribution in [3.8, 4) is 0 Å². The highest BCUT2D eigenvalue weighted by molar-refractivity contribution is 8.00. The Morgan fingerprint density at radius 2 is 1.86 bits per heavy atom. The maximum absolute atomic E-state index is 13.5. The van der Waals surface area contributed by atoms with Crippen molar-refractivity contribution in [2.75, 3.05) is 24.5 Å². The van der Waals surface area contributed by atoms with Crippen molar-refractivity contribution in [3.05, 3.63) is 53.6 Å². The molecular formula is C22H28N2O3S2. The number of para-hydroxylation sites is 1. The molecule has 0 fully saturated rings. The largest absolute Gasteiger partial charge is 0.307 e. The summed E-state index contributed by atoms with van der Waals surface area (Å²) < 4.78 is 27.3. The van der Waals surface area contributed by atoms with Crippen LogP contribution in [0.15, 0.2) is 52.3 Å². The second-order valence-electron chi connectivity index (χ2n) is 7.21. The number of thioether (sulfide) groups is 1. The van der Waals surface area contributed by atoms with Gasteiger partial charge >= 0.3 is 0 Å². The number of rotatable bonds is 5. The van der Waals surface area contributed by atoms with Crippen LogP contribution in [0.25, 0.3) is 0 Å². The highest BCUT2D eigenvalue weighted by Crippen LogP contribution is 2.38. The van der Waals surface area contributed by atoms with E-state index in [0.29, 0.717) is 30.4 Å². The fourth-order valence-electron chi connectivity index (χ4n) is 3.55. The van der Waals surface area contributed by atoms with Crippen LogP contribution < -0.4 is 4.90 Å². The van der Waals surface area contributed by atoms with Gasteiger partial charge in [0.15, 0.2) is 0 Å². The van der Waals surface area contributed by atoms with E-state index in [-0.39, 0.29) is 10.8 Å². The van der Waals surface area contributed by atoms with Crippen molar-refractivity contribution in [3.63, 3.8) is 0 Å². The normalized spacial score (nSPS) is 17.1. The van der Waals surface area contributed by atoms with Gasteiger partial charge < -0.3 is 4.90 Å². The van der Waals surface area contributed by atoms with Gasteiger partial charge in [0.25, 0.3) is 5.91 Å². The van der Waals surface area contributed by atoms with Crippen LogP contribution >= 0.6 is 11.8 Å². The molecule has 0 bridgehead atoms. The van der Waals surface area contributed by atoms with Gasteiger partial charge in [-0.2, -0.15) is 4.31 Å². The van der Waals surface area contributed by atoms with Gasteiger partial charge in [0.1, 0.15) is 0 Å². The second kappa shape index (κ2) is 8.90. The number of fused-ring (bicyclic) bond motifs is 1. The van der Waals surface area contributed by atoms with Crippen LogP contribution in [0.5, 0.6) is 0 Å². The van der Waals surface area contributed by atoms with E-state index in [9.17, 15) is 13.2 Å². The molecule has 1 aliphatic heterocycles. The predicted octanol–water partition coefficient (Wildman–Crippen LogP) is 4.56. The van der Waals surface area contributed by atoms with Crippen LogP contribution in [0.3, 0.4) is 0 Å². The van der Waals surface area contributed by atoms with Crippen LogP contribution in [-0.4, -0.2) is 43.5 Å². The first kappa shape index (κ1) is 21.9. The first-order valence-electron chi connectivity index (χ1n) is 9.98. The monoisotopic (exact) mass is 432 g/mol. The fraction of sp³-hybridized carbons (Fsp3) is 0.409. The maximum Gasteiger partial charge on any atom is 0.258 e. The summed E-state index contributed by atoms with van der Waals surface area (Å²) in [6.07, 6.45) is 0.877. The zero-order chi connectivity index (χ0) is 21.2. The fourth-order valence-corrected chi connectivity index (χ4v) is 6.15. The van der Waals surface area contributed by atoms with Crippen molar-refractivity contribution in [2.45, 2.75) is 49.2 Å². The number of carbonyl (C=O) groups is 1. The summed E-state index contributed by atoms with van der Waals surface area (Å²) in [6.45, 7) is 9.04. The SMILES string of the molecule is CCN(CC)S(=O)(=O)c1ccc(C)c(C(=O)N2CC[C@H](C)Sc3ccccc32)c1. The summed E-state index contributed by atoms with van der Waals surface area (Å²) in [5.74, 6) is -0.152. The molecule has 1 atom stereocenters. The molecule has 0 saturated heterocycles. The van der Waals surface area contributed by atoms with Gasteiger partial charge in [0, 0.05) is 35.3 Å². The smallest absolute Gasteiger partial charge is 0.258 e. The molecule has 156 valence electrons. The lowest BCUT2D eigenvalue weighted by molar-refractivity contribution is 0.0985. The third-order valence-electron chi connectivity index (χ3n) is 5.27. The molecule has 7 heteroatoms. The van der Waals surface area contributed by atoms with Crippen molar-refractivity contribution in [1.29, 1.82) is 0 Å². The van der Waals surface area contributed by atoms with E-state index in [4.69, 9.17) is 0 Å². The molecular weight excluding hydrogens is 404 g/mol. The number of hydrogen-bond donors (Lipinski definition) is 0. The second-order valence-corrected chi connectivity index (χ2v) is 10.6. The van der Waals surface area contributed by atoms with E-state index in [2.05, 4.69) is 6.92 Å². The Bertz CT molecular complexity index is 1000. The Morgan fingerprint density at radius 3 is 2.55 bits per heavy atom. The highest BCUT2D eigenvalue weighted by Gasteiger charge is 2.28. The minimum Gasteiger partial charge on any atom is -0.307 e. The van der Waals surface area contributed by atoms with Gasteiger partial charge in [-0.05, 0) is 43.2 Å². The number of sulfonamides is 1. The molecule has 1 aliphatic rings. The number of carbonyl (C=O) groups excluding carboxylic acids is 1. The lowest BCUT2D eigenvalue weighted by Gasteiger charge is -2.24. The van der Waals surface area contributed by atoms with Gasteiger partial charge in [0.05, 0.1) is 10.6 Å². The third kappa shape index (κ3) is 4.37. The molecule has 0 aromatic heterocycles. The van der Waals surface area contributed by atoms with Crippen molar-refractivity contribution < 1.29 is 13.2 Å². The van der Waals surface area contributed by atoms with Gasteiger partial charge in [-0.15, -0.1) is 11.8 Å². The minimum absolute atomic E-state index is 0.152. The predicted molar refractivity (Wildman–Crippen MR) is 119 cm³/mol. The lowest BCUT2D eigenvalue weighted by Crippen LogP contribution is -2.33. The maximum atomic E-state index is 13.5. The summed E-state index contributed by atoms with van der Waals surface area (Å²) in [5.41, 5.74) is 2.10. The third-order valence-corrected chi connectivity index (χ3v) is 8.55. The number of amides is 1. The Morgan fingerprint density at radius 1 is 1.17 bits per heavy atom. The molecule has 2 aromatic rings. The van der Waals surface area contributed by atoms with Crippen LogP contribution in [0, 0.1) is 6.92 Å². The molecule has 3 rings (SSSR count). The Hall–Kier alpha value is -1.83. The standard InChI is InChI=1S/C22H28N2O3S2/c1-5-23(6-2)29(26,27)18-12-11-16(3)19(15-18)22(25)24-14-13-17(4)28-21-10-8-7-9-20(21)24/h7-12,15,17H,5-6,13-14H2,1-4H3/t17-/m0/s1. The average Bonchev–Trinajstić information content (AvgIpc) is 2.86.